The van der Waals surface area contributed by atoms with E-state index in [1.54, 1.807) is 6.20 Å². The zero-order valence-electron chi connectivity index (χ0n) is 15.1. The molecule has 2 aromatic carbocycles. The minimum Gasteiger partial charge on any atom is -0.308 e. The van der Waals surface area contributed by atoms with Crippen molar-refractivity contribution in [3.05, 3.63) is 78.2 Å². The van der Waals surface area contributed by atoms with E-state index in [1.807, 2.05) is 79.2 Å². The van der Waals surface area contributed by atoms with Gasteiger partial charge in [0.05, 0.1) is 5.69 Å². The lowest BCUT2D eigenvalue weighted by Gasteiger charge is -2.10. The van der Waals surface area contributed by atoms with Gasteiger partial charge in [-0.25, -0.2) is 14.8 Å². The molecule has 0 unspecified atom stereocenters. The van der Waals surface area contributed by atoms with Gasteiger partial charge in [-0.3, -0.25) is 4.40 Å². The SMILES string of the molecule is Cc1ccc(NC(=O)Nc2cccc(-c3cn4cccnc4n3)c2)cc1C. The third-order valence-corrected chi connectivity index (χ3v) is 4.42. The Morgan fingerprint density at radius 2 is 1.78 bits per heavy atom. The second-order valence-electron chi connectivity index (χ2n) is 6.41. The van der Waals surface area contributed by atoms with Gasteiger partial charge >= 0.3 is 6.03 Å². The number of benzene rings is 2. The molecular weight excluding hydrogens is 338 g/mol. The summed E-state index contributed by atoms with van der Waals surface area (Å²) < 4.78 is 1.86. The summed E-state index contributed by atoms with van der Waals surface area (Å²) in [6.07, 6.45) is 5.52. The number of urea groups is 1. The maximum atomic E-state index is 12.3. The van der Waals surface area contributed by atoms with Gasteiger partial charge in [0, 0.05) is 35.5 Å². The lowest BCUT2D eigenvalue weighted by atomic mass is 10.1. The number of fused-ring (bicyclic) bond motifs is 1. The topological polar surface area (TPSA) is 71.3 Å². The molecule has 0 fully saturated rings. The largest absolute Gasteiger partial charge is 0.323 e. The number of carbonyl (C=O) groups is 1. The first-order valence-electron chi connectivity index (χ1n) is 8.64. The van der Waals surface area contributed by atoms with Gasteiger partial charge < -0.3 is 10.6 Å². The van der Waals surface area contributed by atoms with Crippen LogP contribution >= 0.6 is 0 Å². The van der Waals surface area contributed by atoms with Gasteiger partial charge in [-0.05, 0) is 55.3 Å². The summed E-state index contributed by atoms with van der Waals surface area (Å²) in [6.45, 7) is 4.06. The lowest BCUT2D eigenvalue weighted by molar-refractivity contribution is 0.262. The molecule has 134 valence electrons. The number of hydrogen-bond acceptors (Lipinski definition) is 3. The number of aryl methyl sites for hydroxylation is 2. The van der Waals surface area contributed by atoms with Crippen molar-refractivity contribution in [2.24, 2.45) is 0 Å². The van der Waals surface area contributed by atoms with Crippen molar-refractivity contribution in [1.82, 2.24) is 14.4 Å². The van der Waals surface area contributed by atoms with Crippen LogP contribution in [0.2, 0.25) is 0 Å². The van der Waals surface area contributed by atoms with E-state index in [9.17, 15) is 4.79 Å². The summed E-state index contributed by atoms with van der Waals surface area (Å²) >= 11 is 0. The van der Waals surface area contributed by atoms with Gasteiger partial charge in [-0.15, -0.1) is 0 Å². The number of hydrogen-bond donors (Lipinski definition) is 2. The van der Waals surface area contributed by atoms with Crippen LogP contribution in [0, 0.1) is 13.8 Å². The summed E-state index contributed by atoms with van der Waals surface area (Å²) in [6, 6.07) is 15.0. The van der Waals surface area contributed by atoms with Crippen molar-refractivity contribution in [2.45, 2.75) is 13.8 Å². The Morgan fingerprint density at radius 3 is 2.56 bits per heavy atom. The monoisotopic (exact) mass is 357 g/mol. The first-order chi connectivity index (χ1) is 13.1. The van der Waals surface area contributed by atoms with Crippen LogP contribution in [0.3, 0.4) is 0 Å². The number of aromatic nitrogens is 3. The standard InChI is InChI=1S/C21H19N5O/c1-14-7-8-18(11-15(14)2)24-21(27)23-17-6-3-5-16(12-17)19-13-26-10-4-9-22-20(26)25-19/h3-13H,1-2H3,(H2,23,24,27). The maximum Gasteiger partial charge on any atom is 0.323 e. The van der Waals surface area contributed by atoms with Crippen LogP contribution in [0.1, 0.15) is 11.1 Å². The van der Waals surface area contributed by atoms with Crippen LogP contribution in [0.25, 0.3) is 17.0 Å². The average molecular weight is 357 g/mol. The van der Waals surface area contributed by atoms with E-state index in [0.717, 1.165) is 22.5 Å². The first kappa shape index (κ1) is 16.8. The van der Waals surface area contributed by atoms with Gasteiger partial charge in [-0.1, -0.05) is 18.2 Å². The minimum atomic E-state index is -0.285. The number of carbonyl (C=O) groups excluding carboxylic acids is 1. The summed E-state index contributed by atoms with van der Waals surface area (Å²) in [5.74, 6) is 0.637. The minimum absolute atomic E-state index is 0.285. The quantitative estimate of drug-likeness (QED) is 0.560. The zero-order valence-corrected chi connectivity index (χ0v) is 15.1. The fourth-order valence-electron chi connectivity index (χ4n) is 2.84. The summed E-state index contributed by atoms with van der Waals surface area (Å²) in [4.78, 5) is 21.1. The van der Waals surface area contributed by atoms with Gasteiger partial charge in [0.2, 0.25) is 5.78 Å². The van der Waals surface area contributed by atoms with E-state index in [0.29, 0.717) is 11.5 Å². The van der Waals surface area contributed by atoms with E-state index >= 15 is 0 Å². The van der Waals surface area contributed by atoms with Gasteiger partial charge in [0.1, 0.15) is 0 Å². The van der Waals surface area contributed by atoms with Gasteiger partial charge in [0.25, 0.3) is 0 Å². The average Bonchev–Trinajstić information content (AvgIpc) is 3.09. The second kappa shape index (κ2) is 6.92. The predicted molar refractivity (Wildman–Crippen MR) is 107 cm³/mol. The molecule has 0 saturated carbocycles. The van der Waals surface area contributed by atoms with Crippen LogP contribution in [0.5, 0.6) is 0 Å². The number of nitrogens with zero attached hydrogens (tertiary/aromatic N) is 3. The zero-order chi connectivity index (χ0) is 18.8. The van der Waals surface area contributed by atoms with Crippen LogP contribution in [0.15, 0.2) is 67.1 Å². The van der Waals surface area contributed by atoms with Crippen molar-refractivity contribution in [1.29, 1.82) is 0 Å². The Balaban J connectivity index is 1.51. The fourth-order valence-corrected chi connectivity index (χ4v) is 2.84. The second-order valence-corrected chi connectivity index (χ2v) is 6.41. The fraction of sp³-hybridized carbons (Fsp3) is 0.0952. The molecular formula is C21H19N5O. The summed E-state index contributed by atoms with van der Waals surface area (Å²) in [5.41, 5.74) is 5.49. The Morgan fingerprint density at radius 1 is 0.963 bits per heavy atom. The molecule has 0 aliphatic heterocycles. The highest BCUT2D eigenvalue weighted by Gasteiger charge is 2.08. The molecule has 0 aliphatic carbocycles. The van der Waals surface area contributed by atoms with Gasteiger partial charge in [-0.2, -0.15) is 0 Å². The maximum absolute atomic E-state index is 12.3. The van der Waals surface area contributed by atoms with Crippen LogP contribution in [0.4, 0.5) is 16.2 Å². The van der Waals surface area contributed by atoms with Crippen LogP contribution < -0.4 is 10.6 Å². The molecule has 0 bridgehead atoms. The molecule has 0 saturated heterocycles. The Labute approximate surface area is 156 Å². The third kappa shape index (κ3) is 3.64. The number of nitrogens with one attached hydrogen (secondary N) is 2. The van der Waals surface area contributed by atoms with Gasteiger partial charge in [0.15, 0.2) is 0 Å². The smallest absolute Gasteiger partial charge is 0.308 e. The highest BCUT2D eigenvalue weighted by atomic mass is 16.2. The van der Waals surface area contributed by atoms with E-state index < -0.39 is 0 Å². The molecule has 27 heavy (non-hydrogen) atoms. The Hall–Kier alpha value is -3.67. The summed E-state index contributed by atoms with van der Waals surface area (Å²) in [7, 11) is 0. The number of anilines is 2. The normalized spacial score (nSPS) is 10.7. The Bertz CT molecular complexity index is 1100. The highest BCUT2D eigenvalue weighted by Crippen LogP contribution is 2.22. The van der Waals surface area contributed by atoms with Crippen molar-refractivity contribution in [3.63, 3.8) is 0 Å². The molecule has 0 spiro atoms. The molecule has 6 heteroatoms. The molecule has 2 N–H and O–H groups in total. The number of imidazole rings is 1. The predicted octanol–water partition coefficient (Wildman–Crippen LogP) is 4.66. The number of amides is 2. The first-order valence-corrected chi connectivity index (χ1v) is 8.64. The molecule has 2 amide bonds. The van der Waals surface area contributed by atoms with Crippen molar-refractivity contribution >= 4 is 23.2 Å². The molecule has 2 aromatic heterocycles. The molecule has 4 rings (SSSR count). The molecule has 0 radical (unpaired) electrons. The Kier molecular flexibility index (Phi) is 4.30. The van der Waals surface area contributed by atoms with E-state index in [1.165, 1.54) is 5.56 Å². The lowest BCUT2D eigenvalue weighted by Crippen LogP contribution is -2.19. The van der Waals surface area contributed by atoms with Crippen LogP contribution in [-0.2, 0) is 0 Å². The third-order valence-electron chi connectivity index (χ3n) is 4.42. The molecule has 2 heterocycles. The van der Waals surface area contributed by atoms with E-state index in [4.69, 9.17) is 0 Å². The summed E-state index contributed by atoms with van der Waals surface area (Å²) in [5, 5.41) is 5.73. The van der Waals surface area contributed by atoms with Crippen molar-refractivity contribution in [3.8, 4) is 11.3 Å². The van der Waals surface area contributed by atoms with E-state index in [2.05, 4.69) is 20.6 Å². The molecule has 4 aromatic rings. The molecule has 6 nitrogen and oxygen atoms in total. The molecule has 0 aliphatic rings. The highest BCUT2D eigenvalue weighted by molar-refractivity contribution is 6.00. The number of rotatable bonds is 3. The van der Waals surface area contributed by atoms with Crippen molar-refractivity contribution in [2.75, 3.05) is 10.6 Å². The van der Waals surface area contributed by atoms with Crippen LogP contribution in [-0.4, -0.2) is 20.4 Å². The molecule has 0 atom stereocenters. The van der Waals surface area contributed by atoms with Crippen molar-refractivity contribution < 1.29 is 4.79 Å². The van der Waals surface area contributed by atoms with E-state index in [-0.39, 0.29) is 6.03 Å².